The van der Waals surface area contributed by atoms with Gasteiger partial charge in [0.15, 0.2) is 5.82 Å². The highest BCUT2D eigenvalue weighted by Gasteiger charge is 2.28. The fraction of sp³-hybridized carbons (Fsp3) is 0.208. The van der Waals surface area contributed by atoms with Crippen molar-refractivity contribution in [3.8, 4) is 0 Å². The molecule has 37 heavy (non-hydrogen) atoms. The number of rotatable bonds is 6. The van der Waals surface area contributed by atoms with E-state index in [4.69, 9.17) is 11.6 Å². The number of para-hydroxylation sites is 1. The lowest BCUT2D eigenvalue weighted by molar-refractivity contribution is -0.119. The van der Waals surface area contributed by atoms with E-state index in [1.54, 1.807) is 25.1 Å². The molecule has 0 fully saturated rings. The van der Waals surface area contributed by atoms with Crippen molar-refractivity contribution >= 4 is 58.3 Å². The number of hydrogen-bond donors (Lipinski definition) is 4. The maximum atomic E-state index is 14.6. The van der Waals surface area contributed by atoms with Gasteiger partial charge in [0.05, 0.1) is 29.7 Å². The van der Waals surface area contributed by atoms with Gasteiger partial charge in [0.1, 0.15) is 17.4 Å². The van der Waals surface area contributed by atoms with Crippen molar-refractivity contribution in [1.29, 1.82) is 0 Å². The van der Waals surface area contributed by atoms with Crippen LogP contribution in [0.1, 0.15) is 22.8 Å². The zero-order valence-electron chi connectivity index (χ0n) is 19.9. The SMILES string of the molecule is CCN1C(=O)CN(C(=O)O)Cc2ccc(Nc3ncc(Cl)c(Nc4c(F)cccc4C(=O)NC)n3)cc21. The fourth-order valence-electron chi connectivity index (χ4n) is 3.89. The largest absolute Gasteiger partial charge is 0.465 e. The van der Waals surface area contributed by atoms with Gasteiger partial charge in [-0.2, -0.15) is 4.98 Å². The van der Waals surface area contributed by atoms with Crippen molar-refractivity contribution in [3.05, 3.63) is 64.6 Å². The summed E-state index contributed by atoms with van der Waals surface area (Å²) in [6.07, 6.45) is 0.138. The second-order valence-corrected chi connectivity index (χ2v) is 8.41. The Hall–Kier alpha value is -4.45. The number of carboxylic acid groups (broad SMARTS) is 1. The first-order valence-electron chi connectivity index (χ1n) is 11.2. The van der Waals surface area contributed by atoms with Crippen LogP contribution in [0.5, 0.6) is 0 Å². The van der Waals surface area contributed by atoms with Crippen LogP contribution < -0.4 is 20.9 Å². The lowest BCUT2D eigenvalue weighted by Crippen LogP contribution is -2.39. The number of halogens is 2. The van der Waals surface area contributed by atoms with E-state index in [9.17, 15) is 23.9 Å². The van der Waals surface area contributed by atoms with E-state index in [1.165, 1.54) is 36.3 Å². The Labute approximate surface area is 216 Å². The summed E-state index contributed by atoms with van der Waals surface area (Å²) in [5.74, 6) is -1.33. The van der Waals surface area contributed by atoms with Crippen molar-refractivity contribution < 1.29 is 23.9 Å². The van der Waals surface area contributed by atoms with Gasteiger partial charge in [0.2, 0.25) is 11.9 Å². The highest BCUT2D eigenvalue weighted by atomic mass is 35.5. The molecule has 3 aromatic rings. The van der Waals surface area contributed by atoms with Crippen LogP contribution >= 0.6 is 11.6 Å². The molecule has 1 aliphatic rings. The molecule has 13 heteroatoms. The molecule has 0 unspecified atom stereocenters. The summed E-state index contributed by atoms with van der Waals surface area (Å²) >= 11 is 6.24. The maximum absolute atomic E-state index is 14.6. The number of nitrogens with one attached hydrogen (secondary N) is 3. The lowest BCUT2D eigenvalue weighted by Gasteiger charge is -2.21. The molecule has 2 heterocycles. The van der Waals surface area contributed by atoms with Gasteiger partial charge in [0.25, 0.3) is 5.91 Å². The molecular formula is C24H23ClFN7O4. The molecule has 1 aliphatic heterocycles. The number of carbonyl (C=O) groups excluding carboxylic acids is 2. The number of likely N-dealkylation sites (N-methyl/N-ethyl adjacent to an activating group) is 1. The summed E-state index contributed by atoms with van der Waals surface area (Å²) in [6.45, 7) is 1.97. The van der Waals surface area contributed by atoms with Gasteiger partial charge in [-0.15, -0.1) is 0 Å². The number of carbonyl (C=O) groups is 3. The Kier molecular flexibility index (Phi) is 7.39. The van der Waals surface area contributed by atoms with E-state index in [1.807, 2.05) is 0 Å². The Bertz CT molecular complexity index is 1390. The Morgan fingerprint density at radius 2 is 1.97 bits per heavy atom. The van der Waals surface area contributed by atoms with Gasteiger partial charge in [-0.05, 0) is 36.8 Å². The minimum Gasteiger partial charge on any atom is -0.465 e. The normalized spacial score (nSPS) is 13.0. The fourth-order valence-corrected chi connectivity index (χ4v) is 4.03. The first kappa shape index (κ1) is 25.6. The third-order valence-electron chi connectivity index (χ3n) is 5.68. The first-order chi connectivity index (χ1) is 17.7. The van der Waals surface area contributed by atoms with Crippen LogP contribution in [0.3, 0.4) is 0 Å². The second kappa shape index (κ2) is 10.7. The van der Waals surface area contributed by atoms with Crippen molar-refractivity contribution in [2.45, 2.75) is 13.5 Å². The third kappa shape index (κ3) is 5.38. The highest BCUT2D eigenvalue weighted by molar-refractivity contribution is 6.33. The summed E-state index contributed by atoms with van der Waals surface area (Å²) in [5, 5.41) is 17.8. The smallest absolute Gasteiger partial charge is 0.408 e. The standard InChI is InChI=1S/C24H23ClFN7O4/c1-3-33-18-9-14(8-7-13(18)11-32(24(36)37)12-19(33)34)29-23-28-10-16(25)21(31-23)30-20-15(22(35)27-2)5-4-6-17(20)26/h4-10H,3,11-12H2,1-2H3,(H,27,35)(H,36,37)(H2,28,29,30,31). The Morgan fingerprint density at radius 3 is 2.68 bits per heavy atom. The topological polar surface area (TPSA) is 140 Å². The molecule has 2 aromatic carbocycles. The minimum atomic E-state index is -1.18. The molecule has 0 atom stereocenters. The van der Waals surface area contributed by atoms with Gasteiger partial charge in [-0.25, -0.2) is 14.2 Å². The van der Waals surface area contributed by atoms with Crippen molar-refractivity contribution in [1.82, 2.24) is 20.2 Å². The molecule has 192 valence electrons. The van der Waals surface area contributed by atoms with Crippen LogP contribution in [0, 0.1) is 5.82 Å². The number of amides is 3. The van der Waals surface area contributed by atoms with Crippen LogP contribution in [-0.2, 0) is 11.3 Å². The average molecular weight is 528 g/mol. The highest BCUT2D eigenvalue weighted by Crippen LogP contribution is 2.32. The second-order valence-electron chi connectivity index (χ2n) is 8.00. The van der Waals surface area contributed by atoms with E-state index in [2.05, 4.69) is 25.9 Å². The van der Waals surface area contributed by atoms with E-state index in [0.29, 0.717) is 23.5 Å². The van der Waals surface area contributed by atoms with E-state index >= 15 is 0 Å². The molecule has 0 aliphatic carbocycles. The van der Waals surface area contributed by atoms with Crippen LogP contribution in [0.4, 0.5) is 38.0 Å². The minimum absolute atomic E-state index is 0.0617. The lowest BCUT2D eigenvalue weighted by atomic mass is 10.1. The van der Waals surface area contributed by atoms with Crippen LogP contribution in [0.2, 0.25) is 5.02 Å². The van der Waals surface area contributed by atoms with Gasteiger partial charge in [-0.3, -0.25) is 14.5 Å². The Morgan fingerprint density at radius 1 is 1.19 bits per heavy atom. The molecule has 0 radical (unpaired) electrons. The van der Waals surface area contributed by atoms with Gasteiger partial charge in [-0.1, -0.05) is 23.7 Å². The van der Waals surface area contributed by atoms with Crippen LogP contribution in [0.15, 0.2) is 42.6 Å². The van der Waals surface area contributed by atoms with Gasteiger partial charge in [0, 0.05) is 19.3 Å². The summed E-state index contributed by atoms with van der Waals surface area (Å²) in [5.41, 5.74) is 1.73. The quantitative estimate of drug-likeness (QED) is 0.377. The summed E-state index contributed by atoms with van der Waals surface area (Å²) in [6, 6.07) is 9.20. The number of anilines is 5. The first-order valence-corrected chi connectivity index (χ1v) is 11.6. The zero-order valence-corrected chi connectivity index (χ0v) is 20.6. The molecular weight excluding hydrogens is 505 g/mol. The summed E-state index contributed by atoms with van der Waals surface area (Å²) < 4.78 is 14.6. The average Bonchev–Trinajstić information content (AvgIpc) is 3.01. The molecule has 0 bridgehead atoms. The number of nitrogens with zero attached hydrogens (tertiary/aromatic N) is 4. The van der Waals surface area contributed by atoms with Crippen LogP contribution in [-0.4, -0.2) is 58.0 Å². The van der Waals surface area contributed by atoms with Crippen LogP contribution in [0.25, 0.3) is 0 Å². The monoisotopic (exact) mass is 527 g/mol. The molecule has 0 spiro atoms. The summed E-state index contributed by atoms with van der Waals surface area (Å²) in [7, 11) is 1.43. The molecule has 0 saturated heterocycles. The Balaban J connectivity index is 1.64. The predicted molar refractivity (Wildman–Crippen MR) is 136 cm³/mol. The maximum Gasteiger partial charge on any atom is 0.408 e. The van der Waals surface area contributed by atoms with E-state index in [0.717, 1.165) is 4.90 Å². The van der Waals surface area contributed by atoms with Crippen molar-refractivity contribution in [3.63, 3.8) is 0 Å². The molecule has 11 nitrogen and oxygen atoms in total. The molecule has 4 rings (SSSR count). The predicted octanol–water partition coefficient (Wildman–Crippen LogP) is 3.96. The number of fused-ring (bicyclic) bond motifs is 1. The van der Waals surface area contributed by atoms with E-state index < -0.39 is 17.8 Å². The van der Waals surface area contributed by atoms with Gasteiger partial charge >= 0.3 is 6.09 Å². The number of hydrogen-bond acceptors (Lipinski definition) is 7. The number of benzene rings is 2. The molecule has 1 aromatic heterocycles. The van der Waals surface area contributed by atoms with Crippen molar-refractivity contribution in [2.75, 3.05) is 35.7 Å². The van der Waals surface area contributed by atoms with E-state index in [-0.39, 0.29) is 47.0 Å². The molecule has 4 N–H and O–H groups in total. The molecule has 0 saturated carbocycles. The number of aromatic nitrogens is 2. The summed E-state index contributed by atoms with van der Waals surface area (Å²) in [4.78, 5) is 47.4. The molecule has 3 amide bonds. The zero-order chi connectivity index (χ0) is 26.7. The third-order valence-corrected chi connectivity index (χ3v) is 5.96. The van der Waals surface area contributed by atoms with Crippen molar-refractivity contribution in [2.24, 2.45) is 0 Å². The van der Waals surface area contributed by atoms with Gasteiger partial charge < -0.3 is 26.0 Å².